The van der Waals surface area contributed by atoms with Crippen LogP contribution in [0.1, 0.15) is 5.56 Å². The van der Waals surface area contributed by atoms with E-state index in [2.05, 4.69) is 14.1 Å². The van der Waals surface area contributed by atoms with E-state index in [-0.39, 0.29) is 12.4 Å². The van der Waals surface area contributed by atoms with Gasteiger partial charge in [-0.1, -0.05) is 12.1 Å². The Kier molecular flexibility index (Phi) is 5.20. The molecular formula is C12H14FN3O2S. The summed E-state index contributed by atoms with van der Waals surface area (Å²) >= 11 is 1.05. The van der Waals surface area contributed by atoms with E-state index in [1.54, 1.807) is 6.07 Å². The molecule has 0 aliphatic rings. The van der Waals surface area contributed by atoms with Crippen molar-refractivity contribution in [3.8, 4) is 5.88 Å². The van der Waals surface area contributed by atoms with Gasteiger partial charge in [-0.25, -0.2) is 4.39 Å². The minimum Gasteiger partial charge on any atom is -0.473 e. The van der Waals surface area contributed by atoms with Gasteiger partial charge in [-0.15, -0.1) is 4.37 Å². The van der Waals surface area contributed by atoms with Crippen LogP contribution in [0, 0.1) is 5.82 Å². The van der Waals surface area contributed by atoms with Crippen LogP contribution in [0.2, 0.25) is 0 Å². The van der Waals surface area contributed by atoms with Gasteiger partial charge in [0.05, 0.1) is 11.7 Å². The predicted octanol–water partition coefficient (Wildman–Crippen LogP) is 1.21. The molecule has 0 amide bonds. The third kappa shape index (κ3) is 4.90. The second-order valence-corrected chi connectivity index (χ2v) is 4.53. The molecule has 1 aromatic carbocycles. The molecule has 1 heterocycles. The van der Waals surface area contributed by atoms with Crippen LogP contribution in [-0.4, -0.2) is 33.1 Å². The Bertz CT molecular complexity index is 495. The van der Waals surface area contributed by atoms with Gasteiger partial charge in [-0.3, -0.25) is 0 Å². The lowest BCUT2D eigenvalue weighted by Gasteiger charge is -2.11. The molecule has 0 aliphatic carbocycles. The maximum absolute atomic E-state index is 12.9. The highest BCUT2D eigenvalue weighted by Gasteiger charge is 2.06. The van der Waals surface area contributed by atoms with Gasteiger partial charge in [-0.2, -0.15) is 4.37 Å². The summed E-state index contributed by atoms with van der Waals surface area (Å²) in [6.07, 6.45) is 0.840. The first kappa shape index (κ1) is 13.9. The quantitative estimate of drug-likeness (QED) is 0.799. The zero-order valence-corrected chi connectivity index (χ0v) is 10.9. The van der Waals surface area contributed by atoms with Crippen LogP contribution in [0.15, 0.2) is 30.5 Å². The van der Waals surface area contributed by atoms with Gasteiger partial charge >= 0.3 is 0 Å². The number of aliphatic hydroxyl groups is 1. The summed E-state index contributed by atoms with van der Waals surface area (Å²) in [5, 5.41) is 12.7. The maximum Gasteiger partial charge on any atom is 0.245 e. The molecule has 1 aromatic heterocycles. The summed E-state index contributed by atoms with van der Waals surface area (Å²) < 4.78 is 25.8. The molecular weight excluding hydrogens is 269 g/mol. The first-order valence-corrected chi connectivity index (χ1v) is 6.50. The summed E-state index contributed by atoms with van der Waals surface area (Å²) in [6.45, 7) is 0.989. The number of ether oxygens (including phenoxy) is 1. The van der Waals surface area contributed by atoms with Crippen LogP contribution in [-0.2, 0) is 6.54 Å². The highest BCUT2D eigenvalue weighted by Crippen LogP contribution is 2.05. The minimum atomic E-state index is -0.657. The summed E-state index contributed by atoms with van der Waals surface area (Å²) in [7, 11) is 0. The average Bonchev–Trinajstić information content (AvgIpc) is 2.89. The number of nitrogens with one attached hydrogen (secondary N) is 1. The molecule has 2 N–H and O–H groups in total. The molecule has 1 unspecified atom stereocenters. The van der Waals surface area contributed by atoms with Crippen molar-refractivity contribution in [3.05, 3.63) is 41.8 Å². The molecule has 0 saturated carbocycles. The zero-order chi connectivity index (χ0) is 13.5. The number of halogens is 1. The third-order valence-corrected chi connectivity index (χ3v) is 2.82. The second kappa shape index (κ2) is 7.13. The van der Waals surface area contributed by atoms with Gasteiger partial charge in [0.15, 0.2) is 0 Å². The SMILES string of the molecule is OC(CNCc1cccc(F)c1)COc1cnsn1. The summed E-state index contributed by atoms with van der Waals surface area (Å²) in [4.78, 5) is 0. The molecule has 5 nitrogen and oxygen atoms in total. The number of aromatic nitrogens is 2. The van der Waals surface area contributed by atoms with Gasteiger partial charge < -0.3 is 15.2 Å². The van der Waals surface area contributed by atoms with Crippen molar-refractivity contribution >= 4 is 11.7 Å². The molecule has 7 heteroatoms. The number of benzene rings is 1. The van der Waals surface area contributed by atoms with Crippen LogP contribution in [0.3, 0.4) is 0 Å². The number of aliphatic hydroxyl groups excluding tert-OH is 1. The lowest BCUT2D eigenvalue weighted by Crippen LogP contribution is -2.31. The summed E-state index contributed by atoms with van der Waals surface area (Å²) in [6, 6.07) is 6.33. The van der Waals surface area contributed by atoms with Crippen molar-refractivity contribution < 1.29 is 14.2 Å². The Hall–Kier alpha value is -1.57. The molecule has 1 atom stereocenters. The lowest BCUT2D eigenvalue weighted by molar-refractivity contribution is 0.104. The Labute approximate surface area is 114 Å². The topological polar surface area (TPSA) is 67.3 Å². The fourth-order valence-corrected chi connectivity index (χ4v) is 1.85. The van der Waals surface area contributed by atoms with Crippen molar-refractivity contribution in [1.29, 1.82) is 0 Å². The van der Waals surface area contributed by atoms with Crippen LogP contribution < -0.4 is 10.1 Å². The zero-order valence-electron chi connectivity index (χ0n) is 10.1. The van der Waals surface area contributed by atoms with Gasteiger partial charge in [0.25, 0.3) is 0 Å². The predicted molar refractivity (Wildman–Crippen MR) is 69.5 cm³/mol. The van der Waals surface area contributed by atoms with Gasteiger partial charge in [0.1, 0.15) is 24.7 Å². The second-order valence-electron chi connectivity index (χ2n) is 3.97. The molecule has 102 valence electrons. The van der Waals surface area contributed by atoms with E-state index in [1.165, 1.54) is 18.3 Å². The molecule has 0 bridgehead atoms. The van der Waals surface area contributed by atoms with Crippen molar-refractivity contribution in [2.24, 2.45) is 0 Å². The van der Waals surface area contributed by atoms with E-state index in [4.69, 9.17) is 4.74 Å². The van der Waals surface area contributed by atoms with Gasteiger partial charge in [0, 0.05) is 13.1 Å². The minimum absolute atomic E-state index is 0.140. The number of hydrogen-bond donors (Lipinski definition) is 2. The highest BCUT2D eigenvalue weighted by atomic mass is 32.1. The van der Waals surface area contributed by atoms with Crippen molar-refractivity contribution in [1.82, 2.24) is 14.1 Å². The lowest BCUT2D eigenvalue weighted by atomic mass is 10.2. The van der Waals surface area contributed by atoms with E-state index in [0.29, 0.717) is 19.0 Å². The standard InChI is InChI=1S/C12H14FN3O2S/c13-10-3-1-2-9(4-10)5-14-6-11(17)8-18-12-7-15-19-16-12/h1-4,7,11,14,17H,5-6,8H2. The Morgan fingerprint density at radius 1 is 1.47 bits per heavy atom. The molecule has 0 radical (unpaired) electrons. The molecule has 0 spiro atoms. The van der Waals surface area contributed by atoms with Crippen molar-refractivity contribution in [2.75, 3.05) is 13.2 Å². The third-order valence-electron chi connectivity index (χ3n) is 2.36. The van der Waals surface area contributed by atoms with E-state index < -0.39 is 6.10 Å². The summed E-state index contributed by atoms with van der Waals surface area (Å²) in [5.41, 5.74) is 0.830. The fourth-order valence-electron chi connectivity index (χ4n) is 1.49. The summed E-state index contributed by atoms with van der Waals surface area (Å²) in [5.74, 6) is 0.147. The fraction of sp³-hybridized carbons (Fsp3) is 0.333. The smallest absolute Gasteiger partial charge is 0.245 e. The molecule has 2 rings (SSSR count). The van der Waals surface area contributed by atoms with Gasteiger partial charge in [0.2, 0.25) is 5.88 Å². The van der Waals surface area contributed by atoms with Crippen LogP contribution in [0.5, 0.6) is 5.88 Å². The van der Waals surface area contributed by atoms with Gasteiger partial charge in [-0.05, 0) is 17.7 Å². The first-order chi connectivity index (χ1) is 9.24. The van der Waals surface area contributed by atoms with Crippen molar-refractivity contribution in [2.45, 2.75) is 12.6 Å². The number of hydrogen-bond acceptors (Lipinski definition) is 6. The number of rotatable bonds is 7. The molecule has 0 fully saturated rings. The van der Waals surface area contributed by atoms with E-state index in [1.807, 2.05) is 6.07 Å². The van der Waals surface area contributed by atoms with E-state index >= 15 is 0 Å². The molecule has 0 saturated heterocycles. The van der Waals surface area contributed by atoms with Crippen molar-refractivity contribution in [3.63, 3.8) is 0 Å². The largest absolute Gasteiger partial charge is 0.473 e. The maximum atomic E-state index is 12.9. The van der Waals surface area contributed by atoms with Crippen LogP contribution >= 0.6 is 11.7 Å². The normalized spacial score (nSPS) is 12.3. The Morgan fingerprint density at radius 3 is 3.11 bits per heavy atom. The van der Waals surface area contributed by atoms with Crippen LogP contribution in [0.4, 0.5) is 4.39 Å². The van der Waals surface area contributed by atoms with E-state index in [9.17, 15) is 9.50 Å². The highest BCUT2D eigenvalue weighted by molar-refractivity contribution is 6.99. The average molecular weight is 283 g/mol. The molecule has 2 aromatic rings. The molecule has 19 heavy (non-hydrogen) atoms. The Morgan fingerprint density at radius 2 is 2.37 bits per heavy atom. The van der Waals surface area contributed by atoms with Crippen LogP contribution in [0.25, 0.3) is 0 Å². The number of nitrogens with zero attached hydrogens (tertiary/aromatic N) is 2. The Balaban J connectivity index is 1.65. The van der Waals surface area contributed by atoms with E-state index in [0.717, 1.165) is 17.3 Å². The first-order valence-electron chi connectivity index (χ1n) is 5.77. The molecule has 0 aliphatic heterocycles. The monoisotopic (exact) mass is 283 g/mol.